The first-order valence-electron chi connectivity index (χ1n) is 5.98. The molecule has 17 heavy (non-hydrogen) atoms. The summed E-state index contributed by atoms with van der Waals surface area (Å²) in [6.07, 6.45) is 2.49. The molecule has 6 heteroatoms. The number of aryl methyl sites for hydroxylation is 1. The lowest BCUT2D eigenvalue weighted by atomic mass is 10.1. The highest BCUT2D eigenvalue weighted by Gasteiger charge is 2.26. The van der Waals surface area contributed by atoms with Gasteiger partial charge < -0.3 is 4.74 Å². The molecule has 3 N–H and O–H groups in total. The van der Waals surface area contributed by atoms with E-state index in [1.807, 2.05) is 18.5 Å². The van der Waals surface area contributed by atoms with Gasteiger partial charge in [0.25, 0.3) is 0 Å². The molecule has 0 spiro atoms. The van der Waals surface area contributed by atoms with Crippen molar-refractivity contribution >= 4 is 11.6 Å². The molecule has 0 fully saturated rings. The molecule has 0 aliphatic rings. The Morgan fingerprint density at radius 1 is 1.53 bits per heavy atom. The lowest BCUT2D eigenvalue weighted by Crippen LogP contribution is -2.39. The van der Waals surface area contributed by atoms with Gasteiger partial charge in [0.1, 0.15) is 0 Å². The van der Waals surface area contributed by atoms with Gasteiger partial charge in [-0.15, -0.1) is 0 Å². The molecule has 1 rings (SSSR count). The van der Waals surface area contributed by atoms with Gasteiger partial charge in [-0.2, -0.15) is 5.10 Å². The average molecular weight is 261 g/mol. The first kappa shape index (κ1) is 14.4. The number of rotatable bonds is 7. The number of aromatic nitrogens is 2. The highest BCUT2D eigenvalue weighted by atomic mass is 35.5. The van der Waals surface area contributed by atoms with Crippen LogP contribution in [-0.2, 0) is 11.3 Å². The van der Waals surface area contributed by atoms with Crippen LogP contribution in [0.3, 0.4) is 0 Å². The van der Waals surface area contributed by atoms with E-state index in [0.717, 1.165) is 18.7 Å². The standard InChI is InChI=1S/C11H21ClN4O/c1-4-9(17-6-3)10(15-13)11-8(12)7-14-16(11)5-2/h7,9-10,15H,4-6,13H2,1-3H3. The highest BCUT2D eigenvalue weighted by Crippen LogP contribution is 2.27. The monoisotopic (exact) mass is 260 g/mol. The molecule has 1 aromatic rings. The Bertz CT molecular complexity index is 342. The van der Waals surface area contributed by atoms with Crippen molar-refractivity contribution in [3.05, 3.63) is 16.9 Å². The Morgan fingerprint density at radius 3 is 2.71 bits per heavy atom. The summed E-state index contributed by atoms with van der Waals surface area (Å²) in [4.78, 5) is 0. The van der Waals surface area contributed by atoms with Gasteiger partial charge in [-0.25, -0.2) is 5.43 Å². The van der Waals surface area contributed by atoms with E-state index in [0.29, 0.717) is 11.6 Å². The molecule has 2 unspecified atom stereocenters. The molecule has 0 aliphatic heterocycles. The summed E-state index contributed by atoms with van der Waals surface area (Å²) >= 11 is 6.16. The molecule has 0 bridgehead atoms. The first-order valence-corrected chi connectivity index (χ1v) is 6.36. The summed E-state index contributed by atoms with van der Waals surface area (Å²) in [5.74, 6) is 5.63. The van der Waals surface area contributed by atoms with Crippen LogP contribution in [-0.4, -0.2) is 22.5 Å². The van der Waals surface area contributed by atoms with E-state index in [2.05, 4.69) is 17.4 Å². The van der Waals surface area contributed by atoms with Crippen molar-refractivity contribution in [2.75, 3.05) is 6.61 Å². The number of halogens is 1. The third-order valence-electron chi connectivity index (χ3n) is 2.76. The van der Waals surface area contributed by atoms with E-state index in [1.54, 1.807) is 6.20 Å². The van der Waals surface area contributed by atoms with Gasteiger partial charge >= 0.3 is 0 Å². The summed E-state index contributed by atoms with van der Waals surface area (Å²) in [5, 5.41) is 4.83. The Labute approximate surface area is 107 Å². The van der Waals surface area contributed by atoms with Crippen LogP contribution in [0.25, 0.3) is 0 Å². The van der Waals surface area contributed by atoms with Crippen molar-refractivity contribution in [3.8, 4) is 0 Å². The van der Waals surface area contributed by atoms with Gasteiger partial charge in [0.2, 0.25) is 0 Å². The van der Waals surface area contributed by atoms with E-state index >= 15 is 0 Å². The van der Waals surface area contributed by atoms with Gasteiger partial charge in [-0.05, 0) is 20.3 Å². The predicted molar refractivity (Wildman–Crippen MR) is 68.7 cm³/mol. The van der Waals surface area contributed by atoms with Crippen LogP contribution in [0.4, 0.5) is 0 Å². The molecule has 5 nitrogen and oxygen atoms in total. The number of ether oxygens (including phenoxy) is 1. The third-order valence-corrected chi connectivity index (χ3v) is 3.05. The summed E-state index contributed by atoms with van der Waals surface area (Å²) < 4.78 is 7.52. The van der Waals surface area contributed by atoms with Crippen LogP contribution in [0.1, 0.15) is 38.9 Å². The smallest absolute Gasteiger partial charge is 0.0905 e. The second kappa shape index (κ2) is 6.96. The SMILES string of the molecule is CCOC(CC)C(NN)c1c(Cl)cnn1CC. The van der Waals surface area contributed by atoms with Crippen molar-refractivity contribution in [3.63, 3.8) is 0 Å². The Hall–Kier alpha value is -0.620. The molecule has 0 aliphatic carbocycles. The third kappa shape index (κ3) is 3.19. The molecule has 2 atom stereocenters. The van der Waals surface area contributed by atoms with Gasteiger partial charge in [-0.3, -0.25) is 10.5 Å². The van der Waals surface area contributed by atoms with Gasteiger partial charge in [0.05, 0.1) is 29.1 Å². The number of hydrogen-bond donors (Lipinski definition) is 2. The number of nitrogens with zero attached hydrogens (tertiary/aromatic N) is 2. The minimum Gasteiger partial charge on any atom is -0.376 e. The summed E-state index contributed by atoms with van der Waals surface area (Å²) in [7, 11) is 0. The van der Waals surface area contributed by atoms with Crippen LogP contribution in [0.2, 0.25) is 5.02 Å². The molecular weight excluding hydrogens is 240 g/mol. The molecule has 98 valence electrons. The topological polar surface area (TPSA) is 65.1 Å². The van der Waals surface area contributed by atoms with Crippen molar-refractivity contribution in [2.24, 2.45) is 5.84 Å². The number of hydrazine groups is 1. The summed E-state index contributed by atoms with van der Waals surface area (Å²) in [6.45, 7) is 7.44. The predicted octanol–water partition coefficient (Wildman–Crippen LogP) is 1.88. The van der Waals surface area contributed by atoms with E-state index in [-0.39, 0.29) is 12.1 Å². The second-order valence-corrected chi connectivity index (χ2v) is 4.15. The highest BCUT2D eigenvalue weighted by molar-refractivity contribution is 6.31. The number of hydrogen-bond acceptors (Lipinski definition) is 4. The lowest BCUT2D eigenvalue weighted by molar-refractivity contribution is 0.0292. The molecule has 0 aromatic carbocycles. The molecule has 1 heterocycles. The Balaban J connectivity index is 3.02. The second-order valence-electron chi connectivity index (χ2n) is 3.74. The van der Waals surface area contributed by atoms with Crippen molar-refractivity contribution in [1.82, 2.24) is 15.2 Å². The zero-order valence-electron chi connectivity index (χ0n) is 10.6. The van der Waals surface area contributed by atoms with Crippen LogP contribution < -0.4 is 11.3 Å². The van der Waals surface area contributed by atoms with Crippen molar-refractivity contribution in [2.45, 2.75) is 45.9 Å². The minimum atomic E-state index is -0.144. The fourth-order valence-corrected chi connectivity index (χ4v) is 2.22. The van der Waals surface area contributed by atoms with E-state index in [1.165, 1.54) is 0 Å². The van der Waals surface area contributed by atoms with Crippen molar-refractivity contribution < 1.29 is 4.74 Å². The average Bonchev–Trinajstić information content (AvgIpc) is 2.71. The molecular formula is C11H21ClN4O. The van der Waals surface area contributed by atoms with Gasteiger partial charge in [-0.1, -0.05) is 18.5 Å². The summed E-state index contributed by atoms with van der Waals surface area (Å²) in [6, 6.07) is -0.144. The van der Waals surface area contributed by atoms with Crippen LogP contribution in [0.15, 0.2) is 6.20 Å². The van der Waals surface area contributed by atoms with Gasteiger partial charge in [0.15, 0.2) is 0 Å². The Morgan fingerprint density at radius 2 is 2.24 bits per heavy atom. The zero-order chi connectivity index (χ0) is 12.8. The quantitative estimate of drug-likeness (QED) is 0.580. The first-order chi connectivity index (χ1) is 8.19. The van der Waals surface area contributed by atoms with E-state index < -0.39 is 0 Å². The fourth-order valence-electron chi connectivity index (χ4n) is 1.96. The zero-order valence-corrected chi connectivity index (χ0v) is 11.4. The summed E-state index contributed by atoms with van der Waals surface area (Å²) in [5.41, 5.74) is 3.67. The lowest BCUT2D eigenvalue weighted by Gasteiger charge is -2.26. The van der Waals surface area contributed by atoms with Crippen LogP contribution in [0, 0.1) is 0 Å². The molecule has 0 amide bonds. The maximum absolute atomic E-state index is 6.16. The normalized spacial score (nSPS) is 14.9. The van der Waals surface area contributed by atoms with Crippen molar-refractivity contribution in [1.29, 1.82) is 0 Å². The van der Waals surface area contributed by atoms with E-state index in [4.69, 9.17) is 22.2 Å². The molecule has 0 radical (unpaired) electrons. The molecule has 1 aromatic heterocycles. The fraction of sp³-hybridized carbons (Fsp3) is 0.727. The van der Waals surface area contributed by atoms with Gasteiger partial charge in [0, 0.05) is 13.2 Å². The van der Waals surface area contributed by atoms with E-state index in [9.17, 15) is 0 Å². The Kier molecular flexibility index (Phi) is 5.91. The number of nitrogens with two attached hydrogens (primary N) is 1. The maximum Gasteiger partial charge on any atom is 0.0905 e. The van der Waals surface area contributed by atoms with Crippen LogP contribution >= 0.6 is 11.6 Å². The number of nitrogens with one attached hydrogen (secondary N) is 1. The molecule has 0 saturated heterocycles. The minimum absolute atomic E-state index is 0.00972. The maximum atomic E-state index is 6.16. The molecule has 0 saturated carbocycles. The van der Waals surface area contributed by atoms with Crippen LogP contribution in [0.5, 0.6) is 0 Å². The largest absolute Gasteiger partial charge is 0.376 e.